The SMILES string of the molecule is CCOC(=O)C1=C(C)N=c2s/c(=C\c3cc(C)n(C[C@@H]4CCCO4)c3C)c(=O)n2[C@H]1c1cccs1. The van der Waals surface area contributed by atoms with Gasteiger partial charge < -0.3 is 14.0 Å². The van der Waals surface area contributed by atoms with E-state index in [1.54, 1.807) is 11.5 Å². The molecule has 0 bridgehead atoms. The Hall–Kier alpha value is -2.75. The third-order valence-electron chi connectivity index (χ3n) is 6.64. The third kappa shape index (κ3) is 4.37. The van der Waals surface area contributed by atoms with Crippen molar-refractivity contribution in [2.24, 2.45) is 4.99 Å². The van der Waals surface area contributed by atoms with Gasteiger partial charge in [-0.25, -0.2) is 9.79 Å². The van der Waals surface area contributed by atoms with Crippen molar-refractivity contribution in [2.75, 3.05) is 13.2 Å². The van der Waals surface area contributed by atoms with Gasteiger partial charge in [-0.3, -0.25) is 9.36 Å². The van der Waals surface area contributed by atoms with E-state index in [2.05, 4.69) is 29.5 Å². The van der Waals surface area contributed by atoms with Crippen molar-refractivity contribution in [1.29, 1.82) is 0 Å². The van der Waals surface area contributed by atoms with Crippen LogP contribution in [0.4, 0.5) is 0 Å². The van der Waals surface area contributed by atoms with Crippen LogP contribution in [0.15, 0.2) is 44.6 Å². The predicted octanol–water partition coefficient (Wildman–Crippen LogP) is 3.46. The number of ether oxygens (including phenoxy) is 2. The second-order valence-corrected chi connectivity index (χ2v) is 10.9. The average molecular weight is 512 g/mol. The number of carbonyl (C=O) groups excluding carboxylic acids is 1. The number of nitrogens with zero attached hydrogens (tertiary/aromatic N) is 3. The molecule has 5 heterocycles. The normalized spacial score (nSPS) is 20.3. The lowest BCUT2D eigenvalue weighted by Gasteiger charge is -2.23. The van der Waals surface area contributed by atoms with Gasteiger partial charge in [0.25, 0.3) is 5.56 Å². The maximum atomic E-state index is 13.7. The first-order valence-corrected chi connectivity index (χ1v) is 13.6. The molecule has 1 saturated heterocycles. The number of thiazole rings is 1. The molecule has 2 atom stereocenters. The Morgan fingerprint density at radius 3 is 2.86 bits per heavy atom. The first-order chi connectivity index (χ1) is 16.9. The number of thiophene rings is 1. The van der Waals surface area contributed by atoms with Gasteiger partial charge in [0.05, 0.1) is 28.5 Å². The van der Waals surface area contributed by atoms with Crippen molar-refractivity contribution in [1.82, 2.24) is 9.13 Å². The van der Waals surface area contributed by atoms with E-state index in [-0.39, 0.29) is 18.3 Å². The van der Waals surface area contributed by atoms with E-state index in [4.69, 9.17) is 9.47 Å². The minimum Gasteiger partial charge on any atom is -0.463 e. The highest BCUT2D eigenvalue weighted by Gasteiger charge is 2.34. The molecule has 9 heteroatoms. The molecule has 35 heavy (non-hydrogen) atoms. The fourth-order valence-corrected chi connectivity index (χ4v) is 6.76. The van der Waals surface area contributed by atoms with Crippen LogP contribution in [0.2, 0.25) is 0 Å². The van der Waals surface area contributed by atoms with E-state index in [0.29, 0.717) is 20.6 Å². The van der Waals surface area contributed by atoms with Gasteiger partial charge in [0.15, 0.2) is 4.80 Å². The molecule has 2 aliphatic rings. The van der Waals surface area contributed by atoms with E-state index >= 15 is 0 Å². The maximum Gasteiger partial charge on any atom is 0.338 e. The van der Waals surface area contributed by atoms with Gasteiger partial charge in [-0.1, -0.05) is 17.4 Å². The molecule has 2 aliphatic heterocycles. The minimum atomic E-state index is -0.542. The first-order valence-electron chi connectivity index (χ1n) is 11.9. The van der Waals surface area contributed by atoms with Crippen molar-refractivity contribution in [3.63, 3.8) is 0 Å². The summed E-state index contributed by atoms with van der Waals surface area (Å²) in [7, 11) is 0. The van der Waals surface area contributed by atoms with Crippen LogP contribution in [0.25, 0.3) is 6.08 Å². The summed E-state index contributed by atoms with van der Waals surface area (Å²) in [6.45, 7) is 9.68. The summed E-state index contributed by atoms with van der Waals surface area (Å²) in [6.07, 6.45) is 4.38. The summed E-state index contributed by atoms with van der Waals surface area (Å²) in [6, 6.07) is 5.45. The van der Waals surface area contributed by atoms with Crippen LogP contribution in [0, 0.1) is 13.8 Å². The van der Waals surface area contributed by atoms with E-state index in [0.717, 1.165) is 47.8 Å². The summed E-state index contributed by atoms with van der Waals surface area (Å²) >= 11 is 2.87. The molecule has 3 aromatic rings. The Morgan fingerprint density at radius 1 is 1.34 bits per heavy atom. The topological polar surface area (TPSA) is 74.8 Å². The van der Waals surface area contributed by atoms with Crippen molar-refractivity contribution in [2.45, 2.75) is 59.2 Å². The van der Waals surface area contributed by atoms with Gasteiger partial charge in [-0.05, 0) is 69.7 Å². The standard InChI is InChI=1S/C26H29N3O4S2/c1-5-32-25(31)22-16(3)27-26-29(23(22)20-9-7-11-34-20)24(30)21(35-26)13-18-12-15(2)28(17(18)4)14-19-8-6-10-33-19/h7,9,11-13,19,23H,5-6,8,10,14H2,1-4H3/b21-13-/t19-,23-/m0/s1. The summed E-state index contributed by atoms with van der Waals surface area (Å²) in [5.74, 6) is -0.431. The van der Waals surface area contributed by atoms with E-state index in [9.17, 15) is 9.59 Å². The summed E-state index contributed by atoms with van der Waals surface area (Å²) in [5.41, 5.74) is 4.13. The van der Waals surface area contributed by atoms with Gasteiger partial charge in [0.2, 0.25) is 0 Å². The van der Waals surface area contributed by atoms with E-state index in [1.807, 2.05) is 30.5 Å². The monoisotopic (exact) mass is 511 g/mol. The zero-order valence-corrected chi connectivity index (χ0v) is 22.0. The molecule has 0 N–H and O–H groups in total. The predicted molar refractivity (Wildman–Crippen MR) is 138 cm³/mol. The fourth-order valence-electron chi connectivity index (χ4n) is 4.90. The van der Waals surface area contributed by atoms with E-state index < -0.39 is 12.0 Å². The number of hydrogen-bond donors (Lipinski definition) is 0. The average Bonchev–Trinajstić information content (AvgIpc) is 3.61. The van der Waals surface area contributed by atoms with Crippen LogP contribution in [0.3, 0.4) is 0 Å². The van der Waals surface area contributed by atoms with Gasteiger partial charge in [0.1, 0.15) is 6.04 Å². The molecular weight excluding hydrogens is 482 g/mol. The molecule has 0 saturated carbocycles. The van der Waals surface area contributed by atoms with Crippen LogP contribution in [0.1, 0.15) is 54.6 Å². The number of carbonyl (C=O) groups is 1. The smallest absolute Gasteiger partial charge is 0.338 e. The van der Waals surface area contributed by atoms with Crippen LogP contribution in [-0.2, 0) is 20.8 Å². The zero-order valence-electron chi connectivity index (χ0n) is 20.4. The molecule has 0 aromatic carbocycles. The van der Waals surface area contributed by atoms with Crippen molar-refractivity contribution in [3.8, 4) is 0 Å². The molecule has 0 radical (unpaired) electrons. The Balaban J connectivity index is 1.61. The number of fused-ring (bicyclic) bond motifs is 1. The van der Waals surface area contributed by atoms with Crippen LogP contribution >= 0.6 is 22.7 Å². The number of hydrogen-bond acceptors (Lipinski definition) is 7. The van der Waals surface area contributed by atoms with Crippen molar-refractivity contribution >= 4 is 34.7 Å². The summed E-state index contributed by atoms with van der Waals surface area (Å²) in [5, 5.41) is 1.95. The van der Waals surface area contributed by atoms with Gasteiger partial charge in [0, 0.05) is 29.4 Å². The van der Waals surface area contributed by atoms with E-state index in [1.165, 1.54) is 22.7 Å². The summed E-state index contributed by atoms with van der Waals surface area (Å²) < 4.78 is 15.7. The quantitative estimate of drug-likeness (QED) is 0.475. The molecule has 0 aliphatic carbocycles. The molecule has 7 nitrogen and oxygen atoms in total. The Bertz CT molecular complexity index is 1470. The second-order valence-electron chi connectivity index (χ2n) is 8.89. The van der Waals surface area contributed by atoms with Crippen LogP contribution in [-0.4, -0.2) is 34.4 Å². The summed E-state index contributed by atoms with van der Waals surface area (Å²) in [4.78, 5) is 32.8. The maximum absolute atomic E-state index is 13.7. The lowest BCUT2D eigenvalue weighted by atomic mass is 10.0. The number of esters is 1. The van der Waals surface area contributed by atoms with Gasteiger partial charge >= 0.3 is 5.97 Å². The highest BCUT2D eigenvalue weighted by molar-refractivity contribution is 7.10. The van der Waals surface area contributed by atoms with Gasteiger partial charge in [-0.2, -0.15) is 0 Å². The lowest BCUT2D eigenvalue weighted by Crippen LogP contribution is -2.39. The Labute approximate surface area is 211 Å². The fraction of sp³-hybridized carbons (Fsp3) is 0.423. The second kappa shape index (κ2) is 9.72. The minimum absolute atomic E-state index is 0.148. The number of rotatable bonds is 6. The molecular formula is C26H29N3O4S2. The van der Waals surface area contributed by atoms with Crippen molar-refractivity contribution in [3.05, 3.63) is 76.4 Å². The molecule has 1 fully saturated rings. The van der Waals surface area contributed by atoms with Crippen LogP contribution in [0.5, 0.6) is 0 Å². The highest BCUT2D eigenvalue weighted by atomic mass is 32.1. The molecule has 184 valence electrons. The molecule has 0 spiro atoms. The molecule has 0 unspecified atom stereocenters. The first kappa shape index (κ1) is 24.0. The van der Waals surface area contributed by atoms with Gasteiger partial charge in [-0.15, -0.1) is 11.3 Å². The lowest BCUT2D eigenvalue weighted by molar-refractivity contribution is -0.139. The largest absolute Gasteiger partial charge is 0.463 e. The number of aromatic nitrogens is 2. The zero-order chi connectivity index (χ0) is 24.7. The number of allylic oxidation sites excluding steroid dienone is 1. The molecule has 3 aromatic heterocycles. The Kier molecular flexibility index (Phi) is 6.65. The Morgan fingerprint density at radius 2 is 2.17 bits per heavy atom. The highest BCUT2D eigenvalue weighted by Crippen LogP contribution is 2.33. The molecule has 5 rings (SSSR count). The third-order valence-corrected chi connectivity index (χ3v) is 8.55. The van der Waals surface area contributed by atoms with Crippen LogP contribution < -0.4 is 14.9 Å². The number of aryl methyl sites for hydroxylation is 1. The molecule has 0 amide bonds. The van der Waals surface area contributed by atoms with Crippen molar-refractivity contribution < 1.29 is 14.3 Å².